The van der Waals surface area contributed by atoms with Gasteiger partial charge >= 0.3 is 0 Å². The van der Waals surface area contributed by atoms with Gasteiger partial charge in [0.1, 0.15) is 5.82 Å². The maximum absolute atomic E-state index is 11.8. The number of nitrogens with one attached hydrogen (secondary N) is 2. The topological polar surface area (TPSA) is 89.3 Å². The number of pyridine rings is 1. The SMILES string of the molecule is CCCOCCCNC(=O)c1ccnc(NN)c1. The van der Waals surface area contributed by atoms with Gasteiger partial charge in [-0.2, -0.15) is 0 Å². The number of hydrazine groups is 1. The summed E-state index contributed by atoms with van der Waals surface area (Å²) in [6, 6.07) is 3.24. The summed E-state index contributed by atoms with van der Waals surface area (Å²) < 4.78 is 5.32. The highest BCUT2D eigenvalue weighted by atomic mass is 16.5. The molecule has 0 saturated heterocycles. The minimum absolute atomic E-state index is 0.135. The van der Waals surface area contributed by atoms with Crippen LogP contribution in [0.5, 0.6) is 0 Å². The third-order valence-corrected chi connectivity index (χ3v) is 2.27. The van der Waals surface area contributed by atoms with Crippen molar-refractivity contribution in [2.24, 2.45) is 5.84 Å². The minimum Gasteiger partial charge on any atom is -0.381 e. The predicted molar refractivity (Wildman–Crippen MR) is 70.1 cm³/mol. The summed E-state index contributed by atoms with van der Waals surface area (Å²) in [5, 5.41) is 2.81. The maximum atomic E-state index is 11.8. The molecule has 1 amide bonds. The van der Waals surface area contributed by atoms with Gasteiger partial charge in [0.2, 0.25) is 0 Å². The van der Waals surface area contributed by atoms with Crippen LogP contribution in [0.2, 0.25) is 0 Å². The molecule has 4 N–H and O–H groups in total. The monoisotopic (exact) mass is 252 g/mol. The van der Waals surface area contributed by atoms with E-state index in [2.05, 4.69) is 22.7 Å². The van der Waals surface area contributed by atoms with E-state index in [4.69, 9.17) is 10.6 Å². The van der Waals surface area contributed by atoms with Crippen LogP contribution in [0.4, 0.5) is 5.82 Å². The second-order valence-electron chi connectivity index (χ2n) is 3.80. The van der Waals surface area contributed by atoms with Gasteiger partial charge < -0.3 is 15.5 Å². The fourth-order valence-electron chi connectivity index (χ4n) is 1.38. The van der Waals surface area contributed by atoms with Crippen molar-refractivity contribution in [3.8, 4) is 0 Å². The molecule has 100 valence electrons. The van der Waals surface area contributed by atoms with Gasteiger partial charge in [0.15, 0.2) is 0 Å². The Hall–Kier alpha value is -1.66. The molecule has 0 spiro atoms. The Morgan fingerprint density at radius 3 is 3.06 bits per heavy atom. The van der Waals surface area contributed by atoms with Crippen LogP contribution in [-0.4, -0.2) is 30.6 Å². The minimum atomic E-state index is -0.135. The lowest BCUT2D eigenvalue weighted by Crippen LogP contribution is -2.25. The number of hydrogen-bond acceptors (Lipinski definition) is 5. The van der Waals surface area contributed by atoms with Gasteiger partial charge in [-0.1, -0.05) is 6.92 Å². The van der Waals surface area contributed by atoms with Gasteiger partial charge in [-0.3, -0.25) is 4.79 Å². The van der Waals surface area contributed by atoms with Gasteiger partial charge in [-0.25, -0.2) is 10.8 Å². The number of nitrogens with zero attached hydrogens (tertiary/aromatic N) is 1. The van der Waals surface area contributed by atoms with E-state index in [9.17, 15) is 4.79 Å². The highest BCUT2D eigenvalue weighted by Gasteiger charge is 2.05. The van der Waals surface area contributed by atoms with Gasteiger partial charge in [-0.15, -0.1) is 0 Å². The number of anilines is 1. The second-order valence-corrected chi connectivity index (χ2v) is 3.80. The number of ether oxygens (including phenoxy) is 1. The summed E-state index contributed by atoms with van der Waals surface area (Å²) in [5.41, 5.74) is 2.94. The number of rotatable bonds is 8. The summed E-state index contributed by atoms with van der Waals surface area (Å²) in [4.78, 5) is 15.7. The maximum Gasteiger partial charge on any atom is 0.251 e. The van der Waals surface area contributed by atoms with Gasteiger partial charge in [0, 0.05) is 31.5 Å². The van der Waals surface area contributed by atoms with Crippen molar-refractivity contribution in [3.63, 3.8) is 0 Å². The van der Waals surface area contributed by atoms with E-state index >= 15 is 0 Å². The van der Waals surface area contributed by atoms with Crippen molar-refractivity contribution in [2.45, 2.75) is 19.8 Å². The molecule has 0 aliphatic heterocycles. The van der Waals surface area contributed by atoms with Crippen LogP contribution in [0.1, 0.15) is 30.1 Å². The molecule has 0 aliphatic rings. The van der Waals surface area contributed by atoms with Crippen molar-refractivity contribution in [1.29, 1.82) is 0 Å². The lowest BCUT2D eigenvalue weighted by Gasteiger charge is -2.06. The molecule has 0 saturated carbocycles. The fraction of sp³-hybridized carbons (Fsp3) is 0.500. The molecule has 0 atom stereocenters. The normalized spacial score (nSPS) is 10.1. The first-order valence-electron chi connectivity index (χ1n) is 6.06. The molecular formula is C12H20N4O2. The average Bonchev–Trinajstić information content (AvgIpc) is 2.42. The molecule has 1 aromatic heterocycles. The Bertz CT molecular complexity index is 371. The molecule has 1 aromatic rings. The van der Waals surface area contributed by atoms with Crippen molar-refractivity contribution < 1.29 is 9.53 Å². The van der Waals surface area contributed by atoms with E-state index in [0.717, 1.165) is 19.4 Å². The van der Waals surface area contributed by atoms with Crippen LogP contribution in [0.15, 0.2) is 18.3 Å². The number of aromatic nitrogens is 1. The number of amides is 1. The van der Waals surface area contributed by atoms with E-state index in [0.29, 0.717) is 24.5 Å². The molecule has 0 unspecified atom stereocenters. The van der Waals surface area contributed by atoms with E-state index in [1.54, 1.807) is 12.1 Å². The number of carbonyl (C=O) groups excluding carboxylic acids is 1. The van der Waals surface area contributed by atoms with Crippen LogP contribution in [0.3, 0.4) is 0 Å². The molecule has 0 radical (unpaired) electrons. The molecule has 0 bridgehead atoms. The Morgan fingerprint density at radius 2 is 2.33 bits per heavy atom. The Labute approximate surface area is 107 Å². The molecule has 0 aliphatic carbocycles. The van der Waals surface area contributed by atoms with Crippen LogP contribution in [-0.2, 0) is 4.74 Å². The van der Waals surface area contributed by atoms with Gasteiger partial charge in [-0.05, 0) is 25.0 Å². The fourth-order valence-corrected chi connectivity index (χ4v) is 1.38. The first-order valence-corrected chi connectivity index (χ1v) is 6.06. The van der Waals surface area contributed by atoms with Crippen LogP contribution >= 0.6 is 0 Å². The molecule has 18 heavy (non-hydrogen) atoms. The number of nitrogen functional groups attached to an aromatic ring is 1. The first kappa shape index (κ1) is 14.4. The third kappa shape index (κ3) is 5.11. The first-order chi connectivity index (χ1) is 8.77. The summed E-state index contributed by atoms with van der Waals surface area (Å²) >= 11 is 0. The van der Waals surface area contributed by atoms with Gasteiger partial charge in [0.05, 0.1) is 0 Å². The number of nitrogens with two attached hydrogens (primary N) is 1. The van der Waals surface area contributed by atoms with Crippen molar-refractivity contribution in [3.05, 3.63) is 23.9 Å². The second kappa shape index (κ2) is 8.43. The summed E-state index contributed by atoms with van der Waals surface area (Å²) in [6.45, 7) is 4.09. The summed E-state index contributed by atoms with van der Waals surface area (Å²) in [6.07, 6.45) is 3.35. The van der Waals surface area contributed by atoms with Gasteiger partial charge in [0.25, 0.3) is 5.91 Å². The van der Waals surface area contributed by atoms with Crippen molar-refractivity contribution in [1.82, 2.24) is 10.3 Å². The highest BCUT2D eigenvalue weighted by molar-refractivity contribution is 5.94. The predicted octanol–water partition coefficient (Wildman–Crippen LogP) is 0.914. The van der Waals surface area contributed by atoms with E-state index in [-0.39, 0.29) is 5.91 Å². The van der Waals surface area contributed by atoms with Crippen molar-refractivity contribution in [2.75, 3.05) is 25.2 Å². The summed E-state index contributed by atoms with van der Waals surface area (Å²) in [5.74, 6) is 5.56. The lowest BCUT2D eigenvalue weighted by atomic mass is 10.2. The van der Waals surface area contributed by atoms with Crippen LogP contribution in [0.25, 0.3) is 0 Å². The molecule has 6 heteroatoms. The molecule has 0 aromatic carbocycles. The zero-order valence-electron chi connectivity index (χ0n) is 10.6. The van der Waals surface area contributed by atoms with Crippen molar-refractivity contribution >= 4 is 11.7 Å². The quantitative estimate of drug-likeness (QED) is 0.363. The number of hydrogen-bond donors (Lipinski definition) is 3. The molecule has 1 rings (SSSR count). The van der Waals surface area contributed by atoms with Crippen LogP contribution in [0, 0.1) is 0 Å². The molecule has 1 heterocycles. The lowest BCUT2D eigenvalue weighted by molar-refractivity contribution is 0.0941. The van der Waals surface area contributed by atoms with E-state index in [1.165, 1.54) is 6.20 Å². The third-order valence-electron chi connectivity index (χ3n) is 2.27. The van der Waals surface area contributed by atoms with E-state index in [1.807, 2.05) is 0 Å². The smallest absolute Gasteiger partial charge is 0.251 e. The standard InChI is InChI=1S/C12H20N4O2/c1-2-7-18-8-3-5-15-12(17)10-4-6-14-11(9-10)16-13/h4,6,9H,2-3,5,7-8,13H2,1H3,(H,14,16)(H,15,17). The molecule has 6 nitrogen and oxygen atoms in total. The largest absolute Gasteiger partial charge is 0.381 e. The summed E-state index contributed by atoms with van der Waals surface area (Å²) in [7, 11) is 0. The zero-order chi connectivity index (χ0) is 13.2. The highest BCUT2D eigenvalue weighted by Crippen LogP contribution is 2.04. The van der Waals surface area contributed by atoms with Crippen LogP contribution < -0.4 is 16.6 Å². The zero-order valence-corrected chi connectivity index (χ0v) is 10.6. The Morgan fingerprint density at radius 1 is 1.50 bits per heavy atom. The molecular weight excluding hydrogens is 232 g/mol. The molecule has 0 fully saturated rings. The van der Waals surface area contributed by atoms with E-state index < -0.39 is 0 Å². The number of carbonyl (C=O) groups is 1. The Kier molecular flexibility index (Phi) is 6.75. The average molecular weight is 252 g/mol. The Balaban J connectivity index is 2.27.